The molecule has 0 spiro atoms. The van der Waals surface area contributed by atoms with Crippen molar-refractivity contribution >= 4 is 5.82 Å². The summed E-state index contributed by atoms with van der Waals surface area (Å²) >= 11 is 0. The first kappa shape index (κ1) is 14.3. The van der Waals surface area contributed by atoms with Gasteiger partial charge < -0.3 is 10.2 Å². The van der Waals surface area contributed by atoms with Gasteiger partial charge in [-0.15, -0.1) is 0 Å². The van der Waals surface area contributed by atoms with Gasteiger partial charge in [-0.1, -0.05) is 20.8 Å². The predicted octanol–water partition coefficient (Wildman–Crippen LogP) is 2.60. The standard InChI is InChI=1S/C15H26N4/c1-4-7-19(14-5-6-14)15-11-17-13(10-18-15)9-16-8-12(2)3/h10-12,14,16H,4-9H2,1-3H3. The summed E-state index contributed by atoms with van der Waals surface area (Å²) in [7, 11) is 0. The average Bonchev–Trinajstić information content (AvgIpc) is 3.21. The lowest BCUT2D eigenvalue weighted by molar-refractivity contribution is 0.547. The Labute approximate surface area is 116 Å². The van der Waals surface area contributed by atoms with Gasteiger partial charge in [-0.05, 0) is 31.7 Å². The first-order valence-electron chi connectivity index (χ1n) is 7.49. The van der Waals surface area contributed by atoms with Gasteiger partial charge in [-0.25, -0.2) is 4.98 Å². The quantitative estimate of drug-likeness (QED) is 0.782. The molecule has 2 rings (SSSR count). The van der Waals surface area contributed by atoms with E-state index in [-0.39, 0.29) is 0 Å². The largest absolute Gasteiger partial charge is 0.352 e. The molecule has 19 heavy (non-hydrogen) atoms. The molecule has 0 aliphatic heterocycles. The SMILES string of the molecule is CCCN(c1cnc(CNCC(C)C)cn1)C1CC1. The molecule has 1 aliphatic carbocycles. The normalized spacial score (nSPS) is 14.9. The van der Waals surface area contributed by atoms with Crippen LogP contribution in [0.1, 0.15) is 45.7 Å². The van der Waals surface area contributed by atoms with E-state index in [9.17, 15) is 0 Å². The number of aromatic nitrogens is 2. The van der Waals surface area contributed by atoms with Gasteiger partial charge in [0.15, 0.2) is 0 Å². The maximum Gasteiger partial charge on any atom is 0.147 e. The highest BCUT2D eigenvalue weighted by Crippen LogP contribution is 2.30. The lowest BCUT2D eigenvalue weighted by Crippen LogP contribution is -2.27. The van der Waals surface area contributed by atoms with Gasteiger partial charge in [0.2, 0.25) is 0 Å². The molecular formula is C15H26N4. The van der Waals surface area contributed by atoms with E-state index >= 15 is 0 Å². The zero-order chi connectivity index (χ0) is 13.7. The minimum atomic E-state index is 0.669. The van der Waals surface area contributed by atoms with E-state index < -0.39 is 0 Å². The fourth-order valence-corrected chi connectivity index (χ4v) is 2.19. The monoisotopic (exact) mass is 262 g/mol. The summed E-state index contributed by atoms with van der Waals surface area (Å²) in [6, 6.07) is 0.708. The van der Waals surface area contributed by atoms with E-state index in [4.69, 9.17) is 0 Å². The number of nitrogens with one attached hydrogen (secondary N) is 1. The molecular weight excluding hydrogens is 236 g/mol. The van der Waals surface area contributed by atoms with Crippen LogP contribution in [0.15, 0.2) is 12.4 Å². The minimum absolute atomic E-state index is 0.669. The highest BCUT2D eigenvalue weighted by molar-refractivity contribution is 5.39. The van der Waals surface area contributed by atoms with Gasteiger partial charge in [0.25, 0.3) is 0 Å². The van der Waals surface area contributed by atoms with Gasteiger partial charge in [-0.2, -0.15) is 0 Å². The zero-order valence-corrected chi connectivity index (χ0v) is 12.4. The maximum atomic E-state index is 4.58. The third kappa shape index (κ3) is 4.46. The van der Waals surface area contributed by atoms with Gasteiger partial charge in [0.1, 0.15) is 5.82 Å². The summed E-state index contributed by atoms with van der Waals surface area (Å²) in [6.07, 6.45) is 7.61. The summed E-state index contributed by atoms with van der Waals surface area (Å²) in [5, 5.41) is 3.39. The van der Waals surface area contributed by atoms with Gasteiger partial charge in [0.05, 0.1) is 18.1 Å². The number of rotatable bonds is 8. The minimum Gasteiger partial charge on any atom is -0.352 e. The molecule has 1 aliphatic rings. The molecule has 1 N–H and O–H groups in total. The second-order valence-corrected chi connectivity index (χ2v) is 5.82. The van der Waals surface area contributed by atoms with Crippen LogP contribution in [0.4, 0.5) is 5.82 Å². The first-order chi connectivity index (χ1) is 9.20. The van der Waals surface area contributed by atoms with Crippen molar-refractivity contribution in [2.24, 2.45) is 5.92 Å². The van der Waals surface area contributed by atoms with E-state index in [0.717, 1.165) is 37.6 Å². The van der Waals surface area contributed by atoms with Gasteiger partial charge in [0, 0.05) is 19.1 Å². The topological polar surface area (TPSA) is 41.1 Å². The Kier molecular flexibility index (Phi) is 5.14. The van der Waals surface area contributed by atoms with Crippen LogP contribution >= 0.6 is 0 Å². The zero-order valence-electron chi connectivity index (χ0n) is 12.4. The van der Waals surface area contributed by atoms with Crippen LogP contribution in [0.25, 0.3) is 0 Å². The van der Waals surface area contributed by atoms with E-state index in [1.807, 2.05) is 12.4 Å². The smallest absolute Gasteiger partial charge is 0.147 e. The third-order valence-electron chi connectivity index (χ3n) is 3.30. The Balaban J connectivity index is 1.89. The predicted molar refractivity (Wildman–Crippen MR) is 79.2 cm³/mol. The number of anilines is 1. The molecule has 0 aromatic carbocycles. The van der Waals surface area contributed by atoms with Crippen molar-refractivity contribution in [1.29, 1.82) is 0 Å². The Morgan fingerprint density at radius 2 is 2.11 bits per heavy atom. The molecule has 0 amide bonds. The van der Waals surface area contributed by atoms with Crippen LogP contribution in [0, 0.1) is 5.92 Å². The molecule has 1 fully saturated rings. The van der Waals surface area contributed by atoms with Crippen LogP contribution in [-0.4, -0.2) is 29.1 Å². The molecule has 4 heteroatoms. The molecule has 0 saturated heterocycles. The van der Waals surface area contributed by atoms with E-state index in [1.54, 1.807) is 0 Å². The van der Waals surface area contributed by atoms with Crippen molar-refractivity contribution in [3.63, 3.8) is 0 Å². The molecule has 4 nitrogen and oxygen atoms in total. The second kappa shape index (κ2) is 6.85. The van der Waals surface area contributed by atoms with Crippen molar-refractivity contribution < 1.29 is 0 Å². The van der Waals surface area contributed by atoms with Crippen LogP contribution in [0.5, 0.6) is 0 Å². The molecule has 1 aromatic heterocycles. The molecule has 0 bridgehead atoms. The van der Waals surface area contributed by atoms with Gasteiger partial charge in [-0.3, -0.25) is 4.98 Å². The van der Waals surface area contributed by atoms with Crippen molar-refractivity contribution in [1.82, 2.24) is 15.3 Å². The van der Waals surface area contributed by atoms with Crippen LogP contribution in [0.3, 0.4) is 0 Å². The molecule has 106 valence electrons. The van der Waals surface area contributed by atoms with Crippen LogP contribution in [-0.2, 0) is 6.54 Å². The fourth-order valence-electron chi connectivity index (χ4n) is 2.19. The molecule has 0 unspecified atom stereocenters. The number of hydrogen-bond acceptors (Lipinski definition) is 4. The summed E-state index contributed by atoms with van der Waals surface area (Å²) in [4.78, 5) is 11.5. The Morgan fingerprint density at radius 3 is 2.63 bits per heavy atom. The van der Waals surface area contributed by atoms with Crippen LogP contribution in [0.2, 0.25) is 0 Å². The summed E-state index contributed by atoms with van der Waals surface area (Å²) < 4.78 is 0. The van der Waals surface area contributed by atoms with E-state index in [2.05, 4.69) is 41.0 Å². The Bertz CT molecular complexity index is 370. The highest BCUT2D eigenvalue weighted by atomic mass is 15.2. The maximum absolute atomic E-state index is 4.58. The first-order valence-corrected chi connectivity index (χ1v) is 7.49. The van der Waals surface area contributed by atoms with E-state index in [0.29, 0.717) is 12.0 Å². The van der Waals surface area contributed by atoms with Crippen molar-refractivity contribution in [2.75, 3.05) is 18.0 Å². The summed E-state index contributed by atoms with van der Waals surface area (Å²) in [6.45, 7) is 9.55. The number of nitrogens with zero attached hydrogens (tertiary/aromatic N) is 3. The Hall–Kier alpha value is -1.16. The molecule has 1 heterocycles. The summed E-state index contributed by atoms with van der Waals surface area (Å²) in [5.74, 6) is 1.71. The summed E-state index contributed by atoms with van der Waals surface area (Å²) in [5.41, 5.74) is 1.02. The van der Waals surface area contributed by atoms with E-state index in [1.165, 1.54) is 12.8 Å². The second-order valence-electron chi connectivity index (χ2n) is 5.82. The molecule has 0 atom stereocenters. The fraction of sp³-hybridized carbons (Fsp3) is 0.733. The van der Waals surface area contributed by atoms with Crippen molar-refractivity contribution in [2.45, 2.75) is 52.6 Å². The lowest BCUT2D eigenvalue weighted by Gasteiger charge is -2.22. The van der Waals surface area contributed by atoms with Crippen molar-refractivity contribution in [3.8, 4) is 0 Å². The lowest BCUT2D eigenvalue weighted by atomic mass is 10.2. The number of hydrogen-bond donors (Lipinski definition) is 1. The molecule has 0 radical (unpaired) electrons. The molecule has 1 saturated carbocycles. The average molecular weight is 262 g/mol. The van der Waals surface area contributed by atoms with Crippen molar-refractivity contribution in [3.05, 3.63) is 18.1 Å². The molecule has 1 aromatic rings. The third-order valence-corrected chi connectivity index (χ3v) is 3.30. The van der Waals surface area contributed by atoms with Gasteiger partial charge >= 0.3 is 0 Å². The van der Waals surface area contributed by atoms with Crippen LogP contribution < -0.4 is 10.2 Å². The highest BCUT2D eigenvalue weighted by Gasteiger charge is 2.29. The Morgan fingerprint density at radius 1 is 1.32 bits per heavy atom.